The lowest BCUT2D eigenvalue weighted by Crippen LogP contribution is -2.50. The molecule has 0 saturated carbocycles. The third-order valence-electron chi connectivity index (χ3n) is 7.07. The van der Waals surface area contributed by atoms with Crippen molar-refractivity contribution < 1.29 is 33.6 Å². The Bertz CT molecular complexity index is 1450. The Hall–Kier alpha value is -4.43. The summed E-state index contributed by atoms with van der Waals surface area (Å²) in [5, 5.41) is 31.8. The molecule has 2 aliphatic rings. The molecule has 8 heteroatoms. The zero-order valence-electron chi connectivity index (χ0n) is 20.9. The number of amides is 1. The topological polar surface area (TPSA) is 90.2 Å². The molecule has 39 heavy (non-hydrogen) atoms. The van der Waals surface area contributed by atoms with Crippen molar-refractivity contribution in [3.63, 3.8) is 0 Å². The summed E-state index contributed by atoms with van der Waals surface area (Å²) in [6.07, 6.45) is 4.85. The van der Waals surface area contributed by atoms with Gasteiger partial charge in [0.05, 0.1) is 11.9 Å². The Kier molecular flexibility index (Phi) is 7.21. The highest BCUT2D eigenvalue weighted by Gasteiger charge is 2.54. The number of hydrogen-bond donors (Lipinski definition) is 3. The van der Waals surface area contributed by atoms with Crippen molar-refractivity contribution in [1.82, 2.24) is 0 Å². The number of nitrogens with zero attached hydrogens (tertiary/aromatic N) is 1. The molecule has 0 unspecified atom stereocenters. The average Bonchev–Trinajstić information content (AvgIpc) is 3.17. The van der Waals surface area contributed by atoms with Crippen LogP contribution in [0.25, 0.3) is 5.57 Å². The number of phenols is 1. The molecule has 1 aliphatic heterocycles. The molecular formula is C31H27F2NO5. The largest absolute Gasteiger partial charge is 0.512 e. The lowest BCUT2D eigenvalue weighted by atomic mass is 9.81. The number of phenolic OH excluding ortho intramolecular Hbond substituents is 1. The molecule has 1 amide bonds. The number of halogens is 2. The molecule has 3 atom stereocenters. The zero-order chi connectivity index (χ0) is 27.6. The Morgan fingerprint density at radius 1 is 1.00 bits per heavy atom. The van der Waals surface area contributed by atoms with Gasteiger partial charge in [-0.15, -0.1) is 0 Å². The first-order valence-corrected chi connectivity index (χ1v) is 12.5. The molecule has 5 rings (SSSR count). The number of hydrogen-bond acceptors (Lipinski definition) is 5. The van der Waals surface area contributed by atoms with Gasteiger partial charge in [-0.2, -0.15) is 0 Å². The molecule has 1 aliphatic carbocycles. The summed E-state index contributed by atoms with van der Waals surface area (Å²) < 4.78 is 32.9. The summed E-state index contributed by atoms with van der Waals surface area (Å²) in [5.41, 5.74) is 1.06. The molecular weight excluding hydrogens is 504 g/mol. The quantitative estimate of drug-likeness (QED) is 0.328. The van der Waals surface area contributed by atoms with E-state index in [0.717, 1.165) is 0 Å². The first kappa shape index (κ1) is 26.2. The molecule has 0 aromatic heterocycles. The molecule has 6 nitrogen and oxygen atoms in total. The minimum atomic E-state index is -1.20. The van der Waals surface area contributed by atoms with Crippen molar-refractivity contribution in [2.75, 3.05) is 4.90 Å². The lowest BCUT2D eigenvalue weighted by molar-refractivity contribution is 0.0872. The second kappa shape index (κ2) is 10.7. The number of carbonyl (C=O) groups is 1. The monoisotopic (exact) mass is 531 g/mol. The molecule has 200 valence electrons. The molecule has 0 radical (unpaired) electrons. The predicted molar refractivity (Wildman–Crippen MR) is 143 cm³/mol. The number of aromatic hydroxyl groups is 1. The second-order valence-electron chi connectivity index (χ2n) is 9.66. The van der Waals surface area contributed by atoms with E-state index in [4.69, 9.17) is 4.74 Å². The van der Waals surface area contributed by atoms with Gasteiger partial charge in [0.15, 0.2) is 0 Å². The minimum Gasteiger partial charge on any atom is -0.512 e. The standard InChI is InChI=1S/C31H27F2NO5/c32-23-8-6-20(7-9-23)28(37)14-15-29-31(34(30(38)39-29)25-12-10-24(33)11-13-25)16-2-4-22(18-27(36)19-31)21-3-1-5-26(35)17-21/h1-13,16-18,28-29,35-37H,14-15,19H2/b16-2+,22-4+,27-18+/t28-,29+,31-/m0/s1. The number of allylic oxidation sites excluding steroid dienone is 4. The van der Waals surface area contributed by atoms with Crippen LogP contribution in [0.5, 0.6) is 5.75 Å². The Balaban J connectivity index is 1.51. The first-order chi connectivity index (χ1) is 18.7. The second-order valence-corrected chi connectivity index (χ2v) is 9.66. The van der Waals surface area contributed by atoms with Gasteiger partial charge in [-0.3, -0.25) is 4.90 Å². The summed E-state index contributed by atoms with van der Waals surface area (Å²) in [6.45, 7) is 0. The normalized spacial score (nSPS) is 25.2. The van der Waals surface area contributed by atoms with Crippen molar-refractivity contribution in [2.24, 2.45) is 0 Å². The molecule has 1 saturated heterocycles. The maximum absolute atomic E-state index is 13.7. The van der Waals surface area contributed by atoms with E-state index < -0.39 is 35.5 Å². The van der Waals surface area contributed by atoms with Crippen LogP contribution < -0.4 is 4.90 Å². The number of anilines is 1. The number of rotatable bonds is 6. The Morgan fingerprint density at radius 3 is 2.38 bits per heavy atom. The van der Waals surface area contributed by atoms with Crippen molar-refractivity contribution >= 4 is 17.4 Å². The fraction of sp³-hybridized carbons (Fsp3) is 0.194. The predicted octanol–water partition coefficient (Wildman–Crippen LogP) is 6.73. The summed E-state index contributed by atoms with van der Waals surface area (Å²) in [6, 6.07) is 17.6. The van der Waals surface area contributed by atoms with Gasteiger partial charge in [0.2, 0.25) is 0 Å². The van der Waals surface area contributed by atoms with Crippen LogP contribution in [0.3, 0.4) is 0 Å². The third kappa shape index (κ3) is 5.42. The Morgan fingerprint density at radius 2 is 1.69 bits per heavy atom. The molecule has 1 fully saturated rings. The SMILES string of the molecule is O=C1O[C@H](CC[C@H](O)c2ccc(F)cc2)[C@@]2(/C=C/C=C(c3cccc(O)c3)\C=C(\O)C2)N1c1ccc(F)cc1. The molecule has 3 aromatic carbocycles. The van der Waals surface area contributed by atoms with Gasteiger partial charge in [0, 0.05) is 12.1 Å². The zero-order valence-corrected chi connectivity index (χ0v) is 20.9. The van der Waals surface area contributed by atoms with E-state index in [2.05, 4.69) is 0 Å². The third-order valence-corrected chi connectivity index (χ3v) is 7.07. The van der Waals surface area contributed by atoms with Crippen LogP contribution in [0.2, 0.25) is 0 Å². The van der Waals surface area contributed by atoms with Crippen molar-refractivity contribution in [3.05, 3.63) is 126 Å². The molecule has 3 aromatic rings. The fourth-order valence-corrected chi connectivity index (χ4v) is 5.18. The lowest BCUT2D eigenvalue weighted by Gasteiger charge is -2.37. The van der Waals surface area contributed by atoms with Crippen LogP contribution >= 0.6 is 0 Å². The van der Waals surface area contributed by atoms with Crippen LogP contribution in [0, 0.1) is 11.6 Å². The van der Waals surface area contributed by atoms with Gasteiger partial charge < -0.3 is 20.1 Å². The number of benzene rings is 3. The number of cyclic esters (lactones) is 1. The molecule has 3 N–H and O–H groups in total. The summed E-state index contributed by atoms with van der Waals surface area (Å²) in [4.78, 5) is 14.6. The Labute approximate surface area is 224 Å². The summed E-state index contributed by atoms with van der Waals surface area (Å²) >= 11 is 0. The van der Waals surface area contributed by atoms with Crippen LogP contribution in [-0.2, 0) is 4.74 Å². The van der Waals surface area contributed by atoms with E-state index in [1.54, 1.807) is 48.6 Å². The number of ether oxygens (including phenoxy) is 1. The van der Waals surface area contributed by atoms with Gasteiger partial charge in [0.25, 0.3) is 0 Å². The minimum absolute atomic E-state index is 0.0277. The van der Waals surface area contributed by atoms with Crippen molar-refractivity contribution in [1.29, 1.82) is 0 Å². The summed E-state index contributed by atoms with van der Waals surface area (Å²) in [5.74, 6) is -0.831. The van der Waals surface area contributed by atoms with Crippen LogP contribution in [0.1, 0.15) is 36.5 Å². The highest BCUT2D eigenvalue weighted by molar-refractivity contribution is 5.93. The molecule has 0 bridgehead atoms. The highest BCUT2D eigenvalue weighted by atomic mass is 19.1. The van der Waals surface area contributed by atoms with E-state index >= 15 is 0 Å². The highest BCUT2D eigenvalue weighted by Crippen LogP contribution is 2.44. The van der Waals surface area contributed by atoms with Gasteiger partial charge >= 0.3 is 6.09 Å². The van der Waals surface area contributed by atoms with E-state index in [-0.39, 0.29) is 30.8 Å². The van der Waals surface area contributed by atoms with E-state index in [1.807, 2.05) is 0 Å². The van der Waals surface area contributed by atoms with Crippen molar-refractivity contribution in [2.45, 2.75) is 37.0 Å². The number of aliphatic hydroxyl groups is 2. The van der Waals surface area contributed by atoms with Gasteiger partial charge in [-0.1, -0.05) is 42.5 Å². The molecule has 1 heterocycles. The molecule has 1 spiro atoms. The van der Waals surface area contributed by atoms with Gasteiger partial charge in [-0.05, 0) is 84.1 Å². The van der Waals surface area contributed by atoms with Crippen LogP contribution in [0.15, 0.2) is 103 Å². The number of carbonyl (C=O) groups excluding carboxylic acids is 1. The average molecular weight is 532 g/mol. The van der Waals surface area contributed by atoms with Crippen molar-refractivity contribution in [3.8, 4) is 5.75 Å². The van der Waals surface area contributed by atoms with E-state index in [1.165, 1.54) is 53.4 Å². The van der Waals surface area contributed by atoms with Crippen LogP contribution in [0.4, 0.5) is 19.3 Å². The number of aliphatic hydroxyl groups excluding tert-OH is 2. The van der Waals surface area contributed by atoms with E-state index in [0.29, 0.717) is 22.4 Å². The summed E-state index contributed by atoms with van der Waals surface area (Å²) in [7, 11) is 0. The maximum Gasteiger partial charge on any atom is 0.415 e. The first-order valence-electron chi connectivity index (χ1n) is 12.5. The van der Waals surface area contributed by atoms with E-state index in [9.17, 15) is 28.9 Å². The van der Waals surface area contributed by atoms with Gasteiger partial charge in [-0.25, -0.2) is 13.6 Å². The van der Waals surface area contributed by atoms with Crippen LogP contribution in [-0.4, -0.2) is 33.1 Å². The fourth-order valence-electron chi connectivity index (χ4n) is 5.18. The van der Waals surface area contributed by atoms with Gasteiger partial charge in [0.1, 0.15) is 29.0 Å². The maximum atomic E-state index is 13.7. The smallest absolute Gasteiger partial charge is 0.415 e.